The van der Waals surface area contributed by atoms with Crippen LogP contribution in [0.15, 0.2) is 0 Å². The summed E-state index contributed by atoms with van der Waals surface area (Å²) in [6.07, 6.45) is 6.72. The molecule has 0 aromatic heterocycles. The first-order valence-corrected chi connectivity index (χ1v) is 11.6. The zero-order valence-corrected chi connectivity index (χ0v) is 20.2. The summed E-state index contributed by atoms with van der Waals surface area (Å²) in [5, 5.41) is 8.03. The lowest BCUT2D eigenvalue weighted by Gasteiger charge is -2.26. The molecule has 3 N–H and O–H groups in total. The van der Waals surface area contributed by atoms with E-state index in [0.717, 1.165) is 32.1 Å². The Morgan fingerprint density at radius 2 is 1.52 bits per heavy atom. The Morgan fingerprint density at radius 3 is 2.06 bits per heavy atom. The van der Waals surface area contributed by atoms with E-state index in [0.29, 0.717) is 19.3 Å². The third-order valence-electron chi connectivity index (χ3n) is 5.27. The highest BCUT2D eigenvalue weighted by Crippen LogP contribution is 2.11. The monoisotopic (exact) mass is 441 g/mol. The van der Waals surface area contributed by atoms with Crippen LogP contribution in [0, 0.1) is 11.8 Å². The Hall–Kier alpha value is -2.12. The van der Waals surface area contributed by atoms with Crippen molar-refractivity contribution in [2.45, 2.75) is 98.1 Å². The molecule has 0 saturated heterocycles. The van der Waals surface area contributed by atoms with E-state index in [1.807, 2.05) is 27.7 Å². The van der Waals surface area contributed by atoms with Gasteiger partial charge in [-0.05, 0) is 24.7 Å². The molecule has 8 nitrogen and oxygen atoms in total. The lowest BCUT2D eigenvalue weighted by atomic mass is 9.97. The number of carbonyl (C=O) groups is 4. The van der Waals surface area contributed by atoms with Crippen LogP contribution in [0.25, 0.3) is 0 Å². The van der Waals surface area contributed by atoms with Crippen LogP contribution in [-0.4, -0.2) is 49.4 Å². The second-order valence-corrected chi connectivity index (χ2v) is 8.59. The molecule has 3 atom stereocenters. The molecule has 31 heavy (non-hydrogen) atoms. The highest BCUT2D eigenvalue weighted by atomic mass is 16.5. The maximum atomic E-state index is 12.8. The molecule has 0 fully saturated rings. The summed E-state index contributed by atoms with van der Waals surface area (Å²) < 4.78 is 4.79. The van der Waals surface area contributed by atoms with Gasteiger partial charge in [0.15, 0.2) is 0 Å². The summed E-state index contributed by atoms with van der Waals surface area (Å²) in [4.78, 5) is 49.1. The number of carbonyl (C=O) groups excluding carboxylic acids is 4. The summed E-state index contributed by atoms with van der Waals surface area (Å²) >= 11 is 0. The predicted molar refractivity (Wildman–Crippen MR) is 121 cm³/mol. The van der Waals surface area contributed by atoms with Crippen molar-refractivity contribution in [1.82, 2.24) is 16.0 Å². The SMILES string of the molecule is CCCCCCCC(=O)NCC(=O)N[C@H](C(=O)N[C@@H](CC(C)C)C(=O)OC)[C@@H](C)CC. The molecular weight excluding hydrogens is 398 g/mol. The van der Waals surface area contributed by atoms with Crippen molar-refractivity contribution in [2.24, 2.45) is 11.8 Å². The van der Waals surface area contributed by atoms with Gasteiger partial charge in [0.2, 0.25) is 17.7 Å². The van der Waals surface area contributed by atoms with E-state index >= 15 is 0 Å². The van der Waals surface area contributed by atoms with Crippen LogP contribution in [0.1, 0.15) is 86.0 Å². The minimum atomic E-state index is -0.803. The van der Waals surface area contributed by atoms with Crippen LogP contribution < -0.4 is 16.0 Å². The Labute approximate surface area is 187 Å². The molecular formula is C23H43N3O5. The molecule has 0 saturated carbocycles. The van der Waals surface area contributed by atoms with Gasteiger partial charge in [-0.1, -0.05) is 66.7 Å². The van der Waals surface area contributed by atoms with E-state index in [1.54, 1.807) is 0 Å². The number of hydrogen-bond donors (Lipinski definition) is 3. The van der Waals surface area contributed by atoms with Gasteiger partial charge in [-0.25, -0.2) is 4.79 Å². The van der Waals surface area contributed by atoms with Gasteiger partial charge in [-0.3, -0.25) is 14.4 Å². The number of nitrogens with one attached hydrogen (secondary N) is 3. The third-order valence-corrected chi connectivity index (χ3v) is 5.27. The van der Waals surface area contributed by atoms with Gasteiger partial charge in [-0.2, -0.15) is 0 Å². The fourth-order valence-corrected chi connectivity index (χ4v) is 3.17. The van der Waals surface area contributed by atoms with Gasteiger partial charge in [0.1, 0.15) is 12.1 Å². The fourth-order valence-electron chi connectivity index (χ4n) is 3.17. The number of unbranched alkanes of at least 4 members (excludes halogenated alkanes) is 4. The summed E-state index contributed by atoms with van der Waals surface area (Å²) in [6, 6.07) is -1.57. The number of hydrogen-bond acceptors (Lipinski definition) is 5. The Balaban J connectivity index is 4.75. The van der Waals surface area contributed by atoms with Crippen LogP contribution in [0.3, 0.4) is 0 Å². The standard InChI is InChI=1S/C23H43N3O5/c1-7-9-10-11-12-13-19(27)24-15-20(28)26-21(17(5)8-2)22(29)25-18(14-16(3)4)23(30)31-6/h16-18,21H,7-15H2,1-6H3,(H,24,27)(H,25,29)(H,26,28)/t17-,18-,21-/m0/s1. The second-order valence-electron chi connectivity index (χ2n) is 8.59. The van der Waals surface area contributed by atoms with Gasteiger partial charge in [0.25, 0.3) is 0 Å². The first kappa shape index (κ1) is 28.9. The van der Waals surface area contributed by atoms with Gasteiger partial charge in [0.05, 0.1) is 13.7 Å². The average molecular weight is 442 g/mol. The van der Waals surface area contributed by atoms with Crippen LogP contribution in [0.2, 0.25) is 0 Å². The molecule has 0 spiro atoms. The van der Waals surface area contributed by atoms with Crippen molar-refractivity contribution in [3.63, 3.8) is 0 Å². The predicted octanol–water partition coefficient (Wildman–Crippen LogP) is 2.70. The quantitative estimate of drug-likeness (QED) is 0.252. The van der Waals surface area contributed by atoms with Crippen molar-refractivity contribution in [2.75, 3.05) is 13.7 Å². The van der Waals surface area contributed by atoms with E-state index < -0.39 is 29.9 Å². The largest absolute Gasteiger partial charge is 0.467 e. The smallest absolute Gasteiger partial charge is 0.328 e. The third kappa shape index (κ3) is 13.0. The molecule has 0 aromatic carbocycles. The Bertz CT molecular complexity index is 565. The van der Waals surface area contributed by atoms with Crippen molar-refractivity contribution >= 4 is 23.7 Å². The van der Waals surface area contributed by atoms with Crippen LogP contribution in [0.4, 0.5) is 0 Å². The van der Waals surface area contributed by atoms with E-state index in [-0.39, 0.29) is 24.3 Å². The Morgan fingerprint density at radius 1 is 0.871 bits per heavy atom. The van der Waals surface area contributed by atoms with Crippen LogP contribution in [-0.2, 0) is 23.9 Å². The molecule has 0 bridgehead atoms. The summed E-state index contributed by atoms with van der Waals surface area (Å²) in [6.45, 7) is 9.63. The van der Waals surface area contributed by atoms with Gasteiger partial charge in [-0.15, -0.1) is 0 Å². The summed E-state index contributed by atoms with van der Waals surface area (Å²) in [5.41, 5.74) is 0. The van der Waals surface area contributed by atoms with E-state index in [1.165, 1.54) is 7.11 Å². The van der Waals surface area contributed by atoms with Crippen LogP contribution in [0.5, 0.6) is 0 Å². The number of esters is 1. The van der Waals surface area contributed by atoms with E-state index in [9.17, 15) is 19.2 Å². The highest BCUT2D eigenvalue weighted by Gasteiger charge is 2.30. The molecule has 0 unspecified atom stereocenters. The normalized spacial score (nSPS) is 13.8. The van der Waals surface area contributed by atoms with E-state index in [2.05, 4.69) is 22.9 Å². The zero-order valence-electron chi connectivity index (χ0n) is 20.2. The van der Waals surface area contributed by atoms with Crippen molar-refractivity contribution in [1.29, 1.82) is 0 Å². The second kappa shape index (κ2) is 16.6. The highest BCUT2D eigenvalue weighted by molar-refractivity contribution is 5.92. The number of rotatable bonds is 16. The van der Waals surface area contributed by atoms with Crippen molar-refractivity contribution in [3.05, 3.63) is 0 Å². The summed E-state index contributed by atoms with van der Waals surface area (Å²) in [7, 11) is 1.28. The molecule has 8 heteroatoms. The number of ether oxygens (including phenoxy) is 1. The van der Waals surface area contributed by atoms with Crippen LogP contribution >= 0.6 is 0 Å². The molecule has 0 aromatic rings. The lowest BCUT2D eigenvalue weighted by Crippen LogP contribution is -2.55. The number of methoxy groups -OCH3 is 1. The maximum Gasteiger partial charge on any atom is 0.328 e. The molecule has 0 aliphatic carbocycles. The molecule has 0 radical (unpaired) electrons. The van der Waals surface area contributed by atoms with Gasteiger partial charge < -0.3 is 20.7 Å². The maximum absolute atomic E-state index is 12.8. The topological polar surface area (TPSA) is 114 Å². The molecule has 0 aliphatic rings. The lowest BCUT2D eigenvalue weighted by molar-refractivity contribution is -0.146. The average Bonchev–Trinajstić information content (AvgIpc) is 2.73. The first-order valence-electron chi connectivity index (χ1n) is 11.6. The molecule has 3 amide bonds. The zero-order chi connectivity index (χ0) is 23.8. The van der Waals surface area contributed by atoms with Gasteiger partial charge in [0, 0.05) is 6.42 Å². The fraction of sp³-hybridized carbons (Fsp3) is 0.826. The van der Waals surface area contributed by atoms with Crippen molar-refractivity contribution in [3.8, 4) is 0 Å². The number of amides is 3. The molecule has 180 valence electrons. The molecule has 0 rings (SSSR count). The van der Waals surface area contributed by atoms with Crippen molar-refractivity contribution < 1.29 is 23.9 Å². The Kier molecular flexibility index (Phi) is 15.4. The molecule has 0 heterocycles. The minimum Gasteiger partial charge on any atom is -0.467 e. The summed E-state index contributed by atoms with van der Waals surface area (Å²) in [5.74, 6) is -1.51. The molecule has 0 aliphatic heterocycles. The van der Waals surface area contributed by atoms with Gasteiger partial charge >= 0.3 is 5.97 Å². The minimum absolute atomic E-state index is 0.143. The first-order chi connectivity index (χ1) is 14.7. The van der Waals surface area contributed by atoms with E-state index in [4.69, 9.17) is 4.74 Å².